The van der Waals surface area contributed by atoms with Crippen LogP contribution in [0.5, 0.6) is 5.75 Å². The summed E-state index contributed by atoms with van der Waals surface area (Å²) in [5, 5.41) is 6.69. The predicted octanol–water partition coefficient (Wildman–Crippen LogP) is 6.90. The van der Waals surface area contributed by atoms with Crippen LogP contribution in [0.3, 0.4) is 0 Å². The number of hydrogen-bond donors (Lipinski definition) is 1. The fourth-order valence-corrected chi connectivity index (χ4v) is 7.58. The van der Waals surface area contributed by atoms with Gasteiger partial charge < -0.3 is 4.74 Å². The number of nitrogens with zero attached hydrogens (tertiary/aromatic N) is 1. The molecule has 0 bridgehead atoms. The quantitative estimate of drug-likeness (QED) is 0.177. The van der Waals surface area contributed by atoms with Gasteiger partial charge in [0, 0.05) is 5.92 Å². The molecule has 0 aliphatic heterocycles. The van der Waals surface area contributed by atoms with Gasteiger partial charge in [-0.15, -0.1) is 0 Å². The second-order valence-corrected chi connectivity index (χ2v) is 11.6. The Bertz CT molecular complexity index is 1210. The van der Waals surface area contributed by atoms with Gasteiger partial charge >= 0.3 is 0 Å². The molecule has 170 valence electrons. The number of hydrazone groups is 1. The highest BCUT2D eigenvalue weighted by atomic mass is 127. The number of carbonyl (C=O) groups excluding carboxylic acids is 1. The average Bonchev–Trinajstić information content (AvgIpc) is 3.44. The summed E-state index contributed by atoms with van der Waals surface area (Å²) < 4.78 is 8.28. The van der Waals surface area contributed by atoms with Crippen LogP contribution < -0.4 is 10.2 Å². The molecule has 0 saturated heterocycles. The molecule has 2 aliphatic rings. The summed E-state index contributed by atoms with van der Waals surface area (Å²) in [5.74, 6) is 1.61. The summed E-state index contributed by atoms with van der Waals surface area (Å²) >= 11 is 4.61. The first-order valence-corrected chi connectivity index (χ1v) is 13.5. The van der Waals surface area contributed by atoms with Crippen molar-refractivity contribution in [2.45, 2.75) is 39.2 Å². The van der Waals surface area contributed by atoms with Crippen LogP contribution in [0, 0.1) is 24.4 Å². The molecular formula is C27H26I2N2O2. The van der Waals surface area contributed by atoms with Crippen LogP contribution in [-0.4, -0.2) is 12.1 Å². The minimum absolute atomic E-state index is 0.0695. The molecule has 2 aliphatic carbocycles. The maximum atomic E-state index is 12.6. The van der Waals surface area contributed by atoms with Crippen molar-refractivity contribution in [2.24, 2.45) is 22.4 Å². The normalized spacial score (nSPS) is 24.0. The Labute approximate surface area is 221 Å². The van der Waals surface area contributed by atoms with Crippen molar-refractivity contribution in [2.75, 3.05) is 0 Å². The Kier molecular flexibility index (Phi) is 6.66. The lowest BCUT2D eigenvalue weighted by Crippen LogP contribution is -2.22. The van der Waals surface area contributed by atoms with Gasteiger partial charge in [0.15, 0.2) is 0 Å². The molecule has 0 aromatic heterocycles. The second-order valence-electron chi connectivity index (χ2n) is 9.31. The molecule has 3 atom stereocenters. The molecule has 2 fully saturated rings. The number of nitrogens with one attached hydrogen (secondary N) is 1. The van der Waals surface area contributed by atoms with Crippen LogP contribution >= 0.6 is 45.2 Å². The molecular weight excluding hydrogens is 638 g/mol. The summed E-state index contributed by atoms with van der Waals surface area (Å²) in [6.45, 7) is 2.77. The lowest BCUT2D eigenvalue weighted by Gasteiger charge is -2.15. The maximum Gasteiger partial charge on any atom is 0.244 e. The summed E-state index contributed by atoms with van der Waals surface area (Å²) in [7, 11) is 0. The van der Waals surface area contributed by atoms with E-state index < -0.39 is 0 Å². The van der Waals surface area contributed by atoms with E-state index in [0.29, 0.717) is 12.5 Å². The van der Waals surface area contributed by atoms with E-state index >= 15 is 0 Å². The van der Waals surface area contributed by atoms with Gasteiger partial charge in [-0.3, -0.25) is 4.79 Å². The van der Waals surface area contributed by atoms with Crippen LogP contribution in [0.1, 0.15) is 43.7 Å². The summed E-state index contributed by atoms with van der Waals surface area (Å²) in [5.41, 5.74) is 5.10. The SMILES string of the molecule is CC12CCCCC1C2C(=O)N/N=C/c1cc(I)c(OCc2cccc3ccccc23)c(I)c1. The van der Waals surface area contributed by atoms with Crippen molar-refractivity contribution in [1.29, 1.82) is 0 Å². The first kappa shape index (κ1) is 23.1. The molecule has 6 heteroatoms. The van der Waals surface area contributed by atoms with Gasteiger partial charge in [0.05, 0.1) is 13.4 Å². The van der Waals surface area contributed by atoms with Crippen LogP contribution in [0.15, 0.2) is 59.7 Å². The third-order valence-corrected chi connectivity index (χ3v) is 8.88. The van der Waals surface area contributed by atoms with Crippen molar-refractivity contribution in [3.05, 3.63) is 72.9 Å². The number of rotatable bonds is 6. The molecule has 3 aromatic rings. The minimum Gasteiger partial charge on any atom is -0.487 e. The first-order chi connectivity index (χ1) is 16.0. The number of halogens is 2. The standard InChI is InChI=1S/C27H26I2N2O2/c1-27-12-5-4-11-21(27)24(27)26(32)31-30-15-17-13-22(28)25(23(29)14-17)33-16-19-9-6-8-18-7-2-3-10-20(18)19/h2-3,6-10,13-15,21,24H,4-5,11-12,16H2,1H3,(H,31,32)/b30-15+. The second kappa shape index (κ2) is 9.52. The van der Waals surface area contributed by atoms with Crippen LogP contribution in [0.25, 0.3) is 10.8 Å². The third kappa shape index (κ3) is 4.65. The van der Waals surface area contributed by atoms with E-state index in [1.807, 2.05) is 12.1 Å². The molecule has 4 nitrogen and oxygen atoms in total. The first-order valence-electron chi connectivity index (χ1n) is 11.4. The number of benzene rings is 3. The molecule has 0 radical (unpaired) electrons. The van der Waals surface area contributed by atoms with Gasteiger partial charge in [0.2, 0.25) is 5.91 Å². The Morgan fingerprint density at radius 3 is 2.67 bits per heavy atom. The lowest BCUT2D eigenvalue weighted by atomic mass is 9.90. The lowest BCUT2D eigenvalue weighted by molar-refractivity contribution is -0.123. The molecule has 2 saturated carbocycles. The average molecular weight is 664 g/mol. The number of ether oxygens (including phenoxy) is 1. The zero-order valence-electron chi connectivity index (χ0n) is 18.5. The number of amides is 1. The molecule has 0 spiro atoms. The maximum absolute atomic E-state index is 12.6. The van der Waals surface area contributed by atoms with E-state index in [2.05, 4.69) is 105 Å². The molecule has 3 aromatic carbocycles. The van der Waals surface area contributed by atoms with E-state index in [1.165, 1.54) is 35.6 Å². The van der Waals surface area contributed by atoms with Crippen LogP contribution in [0.2, 0.25) is 0 Å². The topological polar surface area (TPSA) is 50.7 Å². The predicted molar refractivity (Wildman–Crippen MR) is 149 cm³/mol. The number of hydrogen-bond acceptors (Lipinski definition) is 3. The third-order valence-electron chi connectivity index (χ3n) is 7.27. The van der Waals surface area contributed by atoms with E-state index in [4.69, 9.17) is 4.74 Å². The Morgan fingerprint density at radius 1 is 1.15 bits per heavy atom. The molecule has 3 unspecified atom stereocenters. The highest BCUT2D eigenvalue weighted by Gasteiger charge is 2.64. The number of fused-ring (bicyclic) bond motifs is 2. The van der Waals surface area contributed by atoms with E-state index in [9.17, 15) is 4.79 Å². The van der Waals surface area contributed by atoms with Crippen molar-refractivity contribution < 1.29 is 9.53 Å². The van der Waals surface area contributed by atoms with Crippen molar-refractivity contribution in [1.82, 2.24) is 5.43 Å². The van der Waals surface area contributed by atoms with Gasteiger partial charge in [-0.2, -0.15) is 5.10 Å². The summed E-state index contributed by atoms with van der Waals surface area (Å²) in [6, 6.07) is 18.7. The van der Waals surface area contributed by atoms with Crippen LogP contribution in [0.4, 0.5) is 0 Å². The van der Waals surface area contributed by atoms with Gasteiger partial charge in [0.1, 0.15) is 12.4 Å². The summed E-state index contributed by atoms with van der Waals surface area (Å²) in [4.78, 5) is 12.6. The smallest absolute Gasteiger partial charge is 0.244 e. The fraction of sp³-hybridized carbons (Fsp3) is 0.333. The molecule has 33 heavy (non-hydrogen) atoms. The van der Waals surface area contributed by atoms with E-state index in [1.54, 1.807) is 6.21 Å². The number of carbonyl (C=O) groups is 1. The van der Waals surface area contributed by atoms with Gasteiger partial charge in [0.25, 0.3) is 0 Å². The Morgan fingerprint density at radius 2 is 1.91 bits per heavy atom. The zero-order valence-corrected chi connectivity index (χ0v) is 22.8. The molecule has 5 rings (SSSR count). The Hall–Kier alpha value is -1.68. The monoisotopic (exact) mass is 664 g/mol. The molecule has 0 heterocycles. The van der Waals surface area contributed by atoms with E-state index in [0.717, 1.165) is 24.9 Å². The fourth-order valence-electron chi connectivity index (χ4n) is 5.45. The van der Waals surface area contributed by atoms with E-state index in [-0.39, 0.29) is 17.2 Å². The molecule has 1 amide bonds. The zero-order chi connectivity index (χ0) is 23.0. The Balaban J connectivity index is 1.23. The minimum atomic E-state index is 0.0695. The summed E-state index contributed by atoms with van der Waals surface area (Å²) in [6.07, 6.45) is 6.56. The largest absolute Gasteiger partial charge is 0.487 e. The van der Waals surface area contributed by atoms with Gasteiger partial charge in [-0.1, -0.05) is 62.2 Å². The molecule has 1 N–H and O–H groups in total. The van der Waals surface area contributed by atoms with Gasteiger partial charge in [-0.25, -0.2) is 5.43 Å². The highest BCUT2D eigenvalue weighted by Crippen LogP contribution is 2.66. The van der Waals surface area contributed by atoms with Crippen LogP contribution in [-0.2, 0) is 11.4 Å². The van der Waals surface area contributed by atoms with Gasteiger partial charge in [-0.05, 0) is 103 Å². The van der Waals surface area contributed by atoms with Crippen molar-refractivity contribution in [3.8, 4) is 5.75 Å². The van der Waals surface area contributed by atoms with Crippen molar-refractivity contribution >= 4 is 68.1 Å². The van der Waals surface area contributed by atoms with Crippen molar-refractivity contribution in [3.63, 3.8) is 0 Å². The highest BCUT2D eigenvalue weighted by molar-refractivity contribution is 14.1.